The Morgan fingerprint density at radius 1 is 0.923 bits per heavy atom. The van der Waals surface area contributed by atoms with Gasteiger partial charge in [-0.15, -0.1) is 0 Å². The molecule has 3 nitrogen and oxygen atoms in total. The zero-order chi connectivity index (χ0) is 9.52. The predicted molar refractivity (Wildman–Crippen MR) is 55.5 cm³/mol. The number of hydrogen-bond donors (Lipinski definition) is 3. The minimum atomic E-state index is 0.761. The Morgan fingerprint density at radius 2 is 1.38 bits per heavy atom. The van der Waals surface area contributed by atoms with Crippen LogP contribution in [0.15, 0.2) is 12.1 Å². The minimum absolute atomic E-state index is 0.761. The summed E-state index contributed by atoms with van der Waals surface area (Å²) in [5, 5.41) is 0. The molecule has 1 aromatic heterocycles. The van der Waals surface area contributed by atoms with Crippen LogP contribution in [0.1, 0.15) is 24.2 Å². The summed E-state index contributed by atoms with van der Waals surface area (Å²) < 4.78 is 0. The lowest BCUT2D eigenvalue weighted by Gasteiger charge is -1.96. The van der Waals surface area contributed by atoms with Crippen molar-refractivity contribution in [3.8, 4) is 0 Å². The third kappa shape index (κ3) is 3.61. The minimum Gasteiger partial charge on any atom is -0.362 e. The van der Waals surface area contributed by atoms with Gasteiger partial charge in [-0.2, -0.15) is 0 Å². The van der Waals surface area contributed by atoms with Crippen LogP contribution in [0.2, 0.25) is 0 Å². The maximum atomic E-state index is 5.43. The number of aryl methyl sites for hydroxylation is 2. The second-order valence-corrected chi connectivity index (χ2v) is 3.29. The first-order valence-electron chi connectivity index (χ1n) is 4.93. The first-order valence-corrected chi connectivity index (χ1v) is 4.93. The van der Waals surface area contributed by atoms with E-state index in [1.165, 1.54) is 11.4 Å². The topological polar surface area (TPSA) is 67.8 Å². The van der Waals surface area contributed by atoms with Gasteiger partial charge in [-0.05, 0) is 50.9 Å². The number of rotatable bonds is 6. The third-order valence-corrected chi connectivity index (χ3v) is 2.11. The van der Waals surface area contributed by atoms with Crippen molar-refractivity contribution in [2.45, 2.75) is 25.7 Å². The highest BCUT2D eigenvalue weighted by molar-refractivity contribution is 5.13. The number of aromatic amines is 1. The first-order chi connectivity index (χ1) is 6.36. The smallest absolute Gasteiger partial charge is 0.0149 e. The van der Waals surface area contributed by atoms with E-state index in [1.807, 2.05) is 0 Å². The first kappa shape index (κ1) is 10.3. The van der Waals surface area contributed by atoms with Crippen molar-refractivity contribution in [2.24, 2.45) is 11.5 Å². The maximum Gasteiger partial charge on any atom is 0.0149 e. The lowest BCUT2D eigenvalue weighted by Crippen LogP contribution is -2.01. The van der Waals surface area contributed by atoms with Crippen LogP contribution in [-0.2, 0) is 12.8 Å². The normalized spacial score (nSPS) is 10.6. The third-order valence-electron chi connectivity index (χ3n) is 2.11. The van der Waals surface area contributed by atoms with Crippen molar-refractivity contribution in [1.29, 1.82) is 0 Å². The van der Waals surface area contributed by atoms with Crippen LogP contribution in [0.3, 0.4) is 0 Å². The molecule has 0 atom stereocenters. The van der Waals surface area contributed by atoms with Gasteiger partial charge in [0.2, 0.25) is 0 Å². The zero-order valence-electron chi connectivity index (χ0n) is 8.05. The van der Waals surface area contributed by atoms with Gasteiger partial charge in [-0.25, -0.2) is 0 Å². The lowest BCUT2D eigenvalue weighted by atomic mass is 10.2. The standard InChI is InChI=1S/C10H19N3/c11-7-1-3-9-5-6-10(13-9)4-2-8-12/h5-6,13H,1-4,7-8,11-12H2. The van der Waals surface area contributed by atoms with Gasteiger partial charge in [0.1, 0.15) is 0 Å². The summed E-state index contributed by atoms with van der Waals surface area (Å²) in [6.45, 7) is 1.52. The lowest BCUT2D eigenvalue weighted by molar-refractivity contribution is 0.789. The van der Waals surface area contributed by atoms with Gasteiger partial charge in [0.25, 0.3) is 0 Å². The van der Waals surface area contributed by atoms with E-state index in [2.05, 4.69) is 17.1 Å². The van der Waals surface area contributed by atoms with E-state index in [-0.39, 0.29) is 0 Å². The van der Waals surface area contributed by atoms with E-state index >= 15 is 0 Å². The molecule has 0 amide bonds. The number of nitrogens with one attached hydrogen (secondary N) is 1. The molecule has 1 rings (SSSR count). The quantitative estimate of drug-likeness (QED) is 0.607. The highest BCUT2D eigenvalue weighted by atomic mass is 14.7. The van der Waals surface area contributed by atoms with Crippen LogP contribution in [-0.4, -0.2) is 18.1 Å². The average Bonchev–Trinajstić information content (AvgIpc) is 2.59. The maximum absolute atomic E-state index is 5.43. The molecule has 0 aliphatic rings. The highest BCUT2D eigenvalue weighted by Gasteiger charge is 1.97. The summed E-state index contributed by atoms with van der Waals surface area (Å²) in [5.74, 6) is 0. The molecule has 3 heteroatoms. The molecule has 0 fully saturated rings. The van der Waals surface area contributed by atoms with E-state index in [9.17, 15) is 0 Å². The molecule has 0 unspecified atom stereocenters. The summed E-state index contributed by atoms with van der Waals surface area (Å²) >= 11 is 0. The predicted octanol–water partition coefficient (Wildman–Crippen LogP) is 0.797. The Hall–Kier alpha value is -0.800. The second-order valence-electron chi connectivity index (χ2n) is 3.29. The van der Waals surface area contributed by atoms with Gasteiger partial charge in [0.15, 0.2) is 0 Å². The largest absolute Gasteiger partial charge is 0.362 e. The molecule has 74 valence electrons. The Kier molecular flexibility index (Phi) is 4.57. The van der Waals surface area contributed by atoms with E-state index < -0.39 is 0 Å². The number of aromatic nitrogens is 1. The molecule has 1 aromatic rings. The van der Waals surface area contributed by atoms with E-state index in [0.29, 0.717) is 0 Å². The van der Waals surface area contributed by atoms with Crippen molar-refractivity contribution in [2.75, 3.05) is 13.1 Å². The Balaban J connectivity index is 2.34. The molecule has 5 N–H and O–H groups in total. The molecule has 0 saturated heterocycles. The molecule has 0 radical (unpaired) electrons. The van der Waals surface area contributed by atoms with Crippen LogP contribution < -0.4 is 11.5 Å². The number of H-pyrrole nitrogens is 1. The summed E-state index contributed by atoms with van der Waals surface area (Å²) in [6.07, 6.45) is 4.21. The second kappa shape index (κ2) is 5.78. The number of nitrogens with two attached hydrogens (primary N) is 2. The number of hydrogen-bond acceptors (Lipinski definition) is 2. The fourth-order valence-corrected chi connectivity index (χ4v) is 1.37. The van der Waals surface area contributed by atoms with Crippen LogP contribution in [0.5, 0.6) is 0 Å². The summed E-state index contributed by atoms with van der Waals surface area (Å²) in [5.41, 5.74) is 13.4. The van der Waals surface area contributed by atoms with Gasteiger partial charge in [0.05, 0.1) is 0 Å². The van der Waals surface area contributed by atoms with Gasteiger partial charge < -0.3 is 16.5 Å². The Morgan fingerprint density at radius 3 is 1.77 bits per heavy atom. The van der Waals surface area contributed by atoms with Crippen molar-refractivity contribution < 1.29 is 0 Å². The molecule has 1 heterocycles. The molecule has 0 aliphatic carbocycles. The molecule has 0 bridgehead atoms. The molecule has 0 aromatic carbocycles. The molecule has 0 aliphatic heterocycles. The molecular formula is C10H19N3. The molecule has 0 saturated carbocycles. The van der Waals surface area contributed by atoms with Crippen LogP contribution in [0, 0.1) is 0 Å². The van der Waals surface area contributed by atoms with Crippen molar-refractivity contribution in [3.05, 3.63) is 23.5 Å². The van der Waals surface area contributed by atoms with Crippen LogP contribution in [0.4, 0.5) is 0 Å². The summed E-state index contributed by atoms with van der Waals surface area (Å²) in [6, 6.07) is 4.28. The average molecular weight is 181 g/mol. The van der Waals surface area contributed by atoms with Gasteiger partial charge in [-0.3, -0.25) is 0 Å². The summed E-state index contributed by atoms with van der Waals surface area (Å²) in [4.78, 5) is 3.37. The van der Waals surface area contributed by atoms with Crippen LogP contribution >= 0.6 is 0 Å². The van der Waals surface area contributed by atoms with Crippen molar-refractivity contribution >= 4 is 0 Å². The van der Waals surface area contributed by atoms with E-state index in [1.54, 1.807) is 0 Å². The monoisotopic (exact) mass is 181 g/mol. The molecule has 13 heavy (non-hydrogen) atoms. The fraction of sp³-hybridized carbons (Fsp3) is 0.600. The SMILES string of the molecule is NCCCc1ccc(CCCN)[nH]1. The van der Waals surface area contributed by atoms with Crippen molar-refractivity contribution in [3.63, 3.8) is 0 Å². The van der Waals surface area contributed by atoms with Gasteiger partial charge in [-0.1, -0.05) is 0 Å². The van der Waals surface area contributed by atoms with E-state index in [4.69, 9.17) is 11.5 Å². The van der Waals surface area contributed by atoms with Gasteiger partial charge in [0, 0.05) is 11.4 Å². The highest BCUT2D eigenvalue weighted by Crippen LogP contribution is 2.05. The molecule has 0 spiro atoms. The van der Waals surface area contributed by atoms with Gasteiger partial charge >= 0.3 is 0 Å². The van der Waals surface area contributed by atoms with E-state index in [0.717, 1.165) is 38.8 Å². The Bertz CT molecular complexity index is 207. The zero-order valence-corrected chi connectivity index (χ0v) is 8.05. The fourth-order valence-electron chi connectivity index (χ4n) is 1.37. The summed E-state index contributed by atoms with van der Waals surface area (Å²) in [7, 11) is 0. The van der Waals surface area contributed by atoms with Crippen molar-refractivity contribution in [1.82, 2.24) is 4.98 Å². The Labute approximate surface area is 79.5 Å². The molecular weight excluding hydrogens is 162 g/mol. The van der Waals surface area contributed by atoms with Crippen LogP contribution in [0.25, 0.3) is 0 Å².